The van der Waals surface area contributed by atoms with E-state index in [2.05, 4.69) is 5.32 Å². The Morgan fingerprint density at radius 2 is 2.36 bits per heavy atom. The second-order valence-electron chi connectivity index (χ2n) is 3.09. The van der Waals surface area contributed by atoms with E-state index >= 15 is 0 Å². The number of aliphatic carboxylic acids is 1. The summed E-state index contributed by atoms with van der Waals surface area (Å²) in [5.41, 5.74) is -1.04. The molecule has 0 saturated carbocycles. The summed E-state index contributed by atoms with van der Waals surface area (Å²) in [7, 11) is 0. The lowest BCUT2D eigenvalue weighted by Gasteiger charge is -2.25. The van der Waals surface area contributed by atoms with Crippen molar-refractivity contribution < 1.29 is 15.0 Å². The minimum atomic E-state index is -1.04. The third-order valence-electron chi connectivity index (χ3n) is 2.34. The molecule has 0 bridgehead atoms. The highest BCUT2D eigenvalue weighted by Crippen LogP contribution is 2.24. The van der Waals surface area contributed by atoms with E-state index < -0.39 is 17.5 Å². The molecule has 0 spiro atoms. The standard InChI is InChI=1S/C7H13NO3/c1-5(6(9)10)7(11)2-3-8-4-7/h5,8,11H,2-4H2,1H3,(H,9,10). The van der Waals surface area contributed by atoms with Gasteiger partial charge in [0.05, 0.1) is 11.5 Å². The second kappa shape index (κ2) is 2.79. The van der Waals surface area contributed by atoms with Crippen LogP contribution < -0.4 is 5.32 Å². The van der Waals surface area contributed by atoms with E-state index in [1.54, 1.807) is 0 Å². The maximum atomic E-state index is 10.5. The SMILES string of the molecule is CC(C(=O)O)C1(O)CCNC1. The van der Waals surface area contributed by atoms with E-state index in [1.165, 1.54) is 6.92 Å². The van der Waals surface area contributed by atoms with Crippen molar-refractivity contribution in [3.8, 4) is 0 Å². The van der Waals surface area contributed by atoms with Crippen molar-refractivity contribution in [1.29, 1.82) is 0 Å². The van der Waals surface area contributed by atoms with Crippen molar-refractivity contribution in [2.45, 2.75) is 18.9 Å². The molecule has 1 saturated heterocycles. The summed E-state index contributed by atoms with van der Waals surface area (Å²) in [6.07, 6.45) is 0.528. The zero-order chi connectivity index (χ0) is 8.48. The van der Waals surface area contributed by atoms with Crippen LogP contribution in [0.25, 0.3) is 0 Å². The molecule has 0 aromatic rings. The zero-order valence-corrected chi connectivity index (χ0v) is 6.50. The molecule has 0 radical (unpaired) electrons. The number of hydrogen-bond donors (Lipinski definition) is 3. The molecular weight excluding hydrogens is 146 g/mol. The third-order valence-corrected chi connectivity index (χ3v) is 2.34. The van der Waals surface area contributed by atoms with Crippen LogP contribution in [0.15, 0.2) is 0 Å². The van der Waals surface area contributed by atoms with Gasteiger partial charge in [0, 0.05) is 6.54 Å². The molecule has 0 aromatic heterocycles. The van der Waals surface area contributed by atoms with E-state index in [0.717, 1.165) is 0 Å². The minimum Gasteiger partial charge on any atom is -0.481 e. The summed E-state index contributed by atoms with van der Waals surface area (Å²) < 4.78 is 0. The number of carbonyl (C=O) groups is 1. The van der Waals surface area contributed by atoms with E-state index in [1.807, 2.05) is 0 Å². The van der Waals surface area contributed by atoms with Crippen molar-refractivity contribution in [2.75, 3.05) is 13.1 Å². The van der Waals surface area contributed by atoms with Crippen LogP contribution in [-0.2, 0) is 4.79 Å². The van der Waals surface area contributed by atoms with Crippen LogP contribution >= 0.6 is 0 Å². The number of rotatable bonds is 2. The Hall–Kier alpha value is -0.610. The molecular formula is C7H13NO3. The molecule has 2 atom stereocenters. The zero-order valence-electron chi connectivity index (χ0n) is 6.50. The first-order valence-electron chi connectivity index (χ1n) is 3.72. The molecule has 0 aromatic carbocycles. The van der Waals surface area contributed by atoms with E-state index in [4.69, 9.17) is 5.11 Å². The molecule has 1 heterocycles. The fraction of sp³-hybridized carbons (Fsp3) is 0.857. The monoisotopic (exact) mass is 159 g/mol. The first kappa shape index (κ1) is 8.49. The van der Waals surface area contributed by atoms with Crippen molar-refractivity contribution in [1.82, 2.24) is 5.32 Å². The lowest BCUT2D eigenvalue weighted by Crippen LogP contribution is -2.42. The van der Waals surface area contributed by atoms with Gasteiger partial charge in [0.1, 0.15) is 0 Å². The molecule has 2 unspecified atom stereocenters. The molecule has 11 heavy (non-hydrogen) atoms. The number of aliphatic hydroxyl groups is 1. The Kier molecular flexibility index (Phi) is 2.15. The van der Waals surface area contributed by atoms with E-state index in [0.29, 0.717) is 19.5 Å². The number of hydrogen-bond acceptors (Lipinski definition) is 3. The summed E-state index contributed by atoms with van der Waals surface area (Å²) in [6, 6.07) is 0. The van der Waals surface area contributed by atoms with Gasteiger partial charge in [-0.25, -0.2) is 0 Å². The van der Waals surface area contributed by atoms with Crippen molar-refractivity contribution in [3.05, 3.63) is 0 Å². The minimum absolute atomic E-state index is 0.389. The molecule has 0 amide bonds. The largest absolute Gasteiger partial charge is 0.481 e. The van der Waals surface area contributed by atoms with Crippen LogP contribution in [0.2, 0.25) is 0 Å². The molecule has 3 N–H and O–H groups in total. The number of β-amino-alcohol motifs (C(OH)–C–C–N with tert-alkyl or cyclic N) is 1. The van der Waals surface area contributed by atoms with Gasteiger partial charge in [-0.1, -0.05) is 0 Å². The number of carboxylic acid groups (broad SMARTS) is 1. The predicted octanol–water partition coefficient (Wildman–Crippen LogP) is -0.568. The highest BCUT2D eigenvalue weighted by atomic mass is 16.4. The maximum Gasteiger partial charge on any atom is 0.309 e. The summed E-state index contributed by atoms with van der Waals surface area (Å²) in [5.74, 6) is -1.62. The quantitative estimate of drug-likeness (QED) is 0.504. The van der Waals surface area contributed by atoms with Gasteiger partial charge in [0.2, 0.25) is 0 Å². The smallest absolute Gasteiger partial charge is 0.309 e. The molecule has 1 aliphatic heterocycles. The Morgan fingerprint density at radius 3 is 2.73 bits per heavy atom. The lowest BCUT2D eigenvalue weighted by atomic mass is 9.88. The van der Waals surface area contributed by atoms with E-state index in [-0.39, 0.29) is 0 Å². The topological polar surface area (TPSA) is 69.6 Å². The van der Waals surface area contributed by atoms with Gasteiger partial charge in [0.15, 0.2) is 0 Å². The van der Waals surface area contributed by atoms with Crippen LogP contribution in [0.4, 0.5) is 0 Å². The van der Waals surface area contributed by atoms with Gasteiger partial charge in [-0.3, -0.25) is 4.79 Å². The van der Waals surface area contributed by atoms with Crippen LogP contribution in [-0.4, -0.2) is 34.9 Å². The van der Waals surface area contributed by atoms with Gasteiger partial charge in [-0.05, 0) is 19.9 Å². The normalized spacial score (nSPS) is 33.6. The molecule has 1 fully saturated rings. The van der Waals surface area contributed by atoms with Gasteiger partial charge in [-0.15, -0.1) is 0 Å². The Bertz CT molecular complexity index is 163. The van der Waals surface area contributed by atoms with Gasteiger partial charge < -0.3 is 15.5 Å². The highest BCUT2D eigenvalue weighted by molar-refractivity contribution is 5.71. The molecule has 4 nitrogen and oxygen atoms in total. The molecule has 4 heteroatoms. The van der Waals surface area contributed by atoms with Gasteiger partial charge in [0.25, 0.3) is 0 Å². The molecule has 1 aliphatic rings. The van der Waals surface area contributed by atoms with Crippen molar-refractivity contribution in [3.63, 3.8) is 0 Å². The lowest BCUT2D eigenvalue weighted by molar-refractivity contribution is -0.149. The van der Waals surface area contributed by atoms with Crippen LogP contribution in [0.3, 0.4) is 0 Å². The Balaban J connectivity index is 2.63. The van der Waals surface area contributed by atoms with Crippen molar-refractivity contribution >= 4 is 5.97 Å². The Labute approximate surface area is 65.2 Å². The average Bonchev–Trinajstić information content (AvgIpc) is 2.35. The van der Waals surface area contributed by atoms with Gasteiger partial charge in [-0.2, -0.15) is 0 Å². The summed E-state index contributed by atoms with van der Waals surface area (Å²) >= 11 is 0. The third kappa shape index (κ3) is 1.52. The van der Waals surface area contributed by atoms with Crippen LogP contribution in [0.5, 0.6) is 0 Å². The number of nitrogens with one attached hydrogen (secondary N) is 1. The van der Waals surface area contributed by atoms with Crippen LogP contribution in [0.1, 0.15) is 13.3 Å². The Morgan fingerprint density at radius 1 is 1.73 bits per heavy atom. The summed E-state index contributed by atoms with van der Waals surface area (Å²) in [5, 5.41) is 21.2. The first-order chi connectivity index (χ1) is 5.06. The fourth-order valence-corrected chi connectivity index (χ4v) is 1.30. The maximum absolute atomic E-state index is 10.5. The number of carboxylic acids is 1. The molecule has 0 aliphatic carbocycles. The molecule has 64 valence electrons. The summed E-state index contributed by atoms with van der Waals surface area (Å²) in [4.78, 5) is 10.5. The average molecular weight is 159 g/mol. The summed E-state index contributed by atoms with van der Waals surface area (Å²) in [6.45, 7) is 2.63. The first-order valence-corrected chi connectivity index (χ1v) is 3.72. The highest BCUT2D eigenvalue weighted by Gasteiger charge is 2.40. The second-order valence-corrected chi connectivity index (χ2v) is 3.09. The van der Waals surface area contributed by atoms with Crippen molar-refractivity contribution in [2.24, 2.45) is 5.92 Å². The van der Waals surface area contributed by atoms with Gasteiger partial charge >= 0.3 is 5.97 Å². The predicted molar refractivity (Wildman–Crippen MR) is 39.2 cm³/mol. The fourth-order valence-electron chi connectivity index (χ4n) is 1.30. The van der Waals surface area contributed by atoms with E-state index in [9.17, 15) is 9.90 Å². The van der Waals surface area contributed by atoms with Crippen LogP contribution in [0, 0.1) is 5.92 Å². The molecule has 1 rings (SSSR count).